The van der Waals surface area contributed by atoms with E-state index >= 15 is 0 Å². The predicted octanol–water partition coefficient (Wildman–Crippen LogP) is 1.80. The average Bonchev–Trinajstić information content (AvgIpc) is 2.19. The Bertz CT molecular complexity index is 320. The third kappa shape index (κ3) is 1.38. The number of carbonyl (C=O) groups excluding carboxylic acids is 1. The molecule has 0 saturated carbocycles. The highest BCUT2D eigenvalue weighted by Gasteiger charge is 2.24. The van der Waals surface area contributed by atoms with Crippen LogP contribution in [-0.4, -0.2) is 11.4 Å². The first kappa shape index (κ1) is 8.45. The van der Waals surface area contributed by atoms with Gasteiger partial charge in [-0.15, -0.1) is 0 Å². The van der Waals surface area contributed by atoms with Crippen LogP contribution in [0.1, 0.15) is 36.0 Å². The summed E-state index contributed by atoms with van der Waals surface area (Å²) in [7, 11) is 0. The number of hydrogen-bond acceptors (Lipinski definition) is 2. The highest BCUT2D eigenvalue weighted by molar-refractivity contribution is 5.64. The smallest absolute Gasteiger partial charge is 0.127 e. The molecule has 0 heterocycles. The molecule has 0 radical (unpaired) electrons. The largest absolute Gasteiger partial charge is 0.388 e. The second kappa shape index (κ2) is 3.30. The number of rotatable bonds is 1. The van der Waals surface area contributed by atoms with E-state index in [1.807, 2.05) is 24.3 Å². The molecule has 2 unspecified atom stereocenters. The lowest BCUT2D eigenvalue weighted by atomic mass is 9.82. The van der Waals surface area contributed by atoms with E-state index in [2.05, 4.69) is 0 Å². The molecule has 0 fully saturated rings. The molecule has 0 amide bonds. The van der Waals surface area contributed by atoms with Gasteiger partial charge in [0, 0.05) is 5.92 Å². The Morgan fingerprint density at radius 3 is 2.62 bits per heavy atom. The van der Waals surface area contributed by atoms with Crippen molar-refractivity contribution in [3.05, 3.63) is 35.4 Å². The van der Waals surface area contributed by atoms with Crippen LogP contribution in [0.2, 0.25) is 0 Å². The normalized spacial score (nSPS) is 26.5. The zero-order chi connectivity index (χ0) is 9.26. The number of aliphatic hydroxyl groups excluding tert-OH is 1. The molecule has 1 aromatic carbocycles. The molecule has 1 aliphatic rings. The molecule has 2 heteroatoms. The maximum atomic E-state index is 10.7. The van der Waals surface area contributed by atoms with E-state index in [0.29, 0.717) is 6.42 Å². The quantitative estimate of drug-likeness (QED) is 0.662. The van der Waals surface area contributed by atoms with Gasteiger partial charge in [-0.2, -0.15) is 0 Å². The van der Waals surface area contributed by atoms with Crippen molar-refractivity contribution in [2.75, 3.05) is 0 Å². The van der Waals surface area contributed by atoms with Crippen molar-refractivity contribution in [3.63, 3.8) is 0 Å². The van der Waals surface area contributed by atoms with Crippen LogP contribution in [0.25, 0.3) is 0 Å². The summed E-state index contributed by atoms with van der Waals surface area (Å²) in [5.41, 5.74) is 1.92. The Balaban J connectivity index is 2.47. The van der Waals surface area contributed by atoms with Gasteiger partial charge in [-0.05, 0) is 24.0 Å². The molecule has 1 aromatic rings. The van der Waals surface area contributed by atoms with Gasteiger partial charge in [0.05, 0.1) is 6.10 Å². The van der Waals surface area contributed by atoms with E-state index in [0.717, 1.165) is 23.8 Å². The van der Waals surface area contributed by atoms with Crippen LogP contribution < -0.4 is 0 Å². The lowest BCUT2D eigenvalue weighted by molar-refractivity contribution is -0.109. The van der Waals surface area contributed by atoms with Crippen LogP contribution in [0.15, 0.2) is 24.3 Å². The summed E-state index contributed by atoms with van der Waals surface area (Å²) in [5, 5.41) is 9.66. The Kier molecular flexibility index (Phi) is 2.15. The van der Waals surface area contributed by atoms with Gasteiger partial charge in [0.25, 0.3) is 0 Å². The van der Waals surface area contributed by atoms with Crippen LogP contribution in [-0.2, 0) is 4.79 Å². The van der Waals surface area contributed by atoms with E-state index < -0.39 is 0 Å². The summed E-state index contributed by atoms with van der Waals surface area (Å²) < 4.78 is 0. The van der Waals surface area contributed by atoms with Crippen molar-refractivity contribution in [1.29, 1.82) is 0 Å². The minimum absolute atomic E-state index is 0.0143. The topological polar surface area (TPSA) is 37.3 Å². The van der Waals surface area contributed by atoms with E-state index in [1.165, 1.54) is 0 Å². The molecule has 0 aromatic heterocycles. The number of benzene rings is 1. The minimum atomic E-state index is -0.382. The molecule has 1 aliphatic carbocycles. The summed E-state index contributed by atoms with van der Waals surface area (Å²) in [6.45, 7) is 0. The SMILES string of the molecule is O=CC1CCC(O)c2ccccc21. The van der Waals surface area contributed by atoms with Crippen LogP contribution in [0.4, 0.5) is 0 Å². The summed E-state index contributed by atoms with van der Waals surface area (Å²) in [6.07, 6.45) is 2.06. The van der Waals surface area contributed by atoms with Crippen LogP contribution in [0.3, 0.4) is 0 Å². The molecular weight excluding hydrogens is 164 g/mol. The van der Waals surface area contributed by atoms with Gasteiger partial charge in [-0.25, -0.2) is 0 Å². The number of aldehydes is 1. The van der Waals surface area contributed by atoms with Gasteiger partial charge in [-0.3, -0.25) is 0 Å². The zero-order valence-corrected chi connectivity index (χ0v) is 7.31. The molecule has 2 atom stereocenters. The fourth-order valence-electron chi connectivity index (χ4n) is 1.94. The minimum Gasteiger partial charge on any atom is -0.388 e. The maximum Gasteiger partial charge on any atom is 0.127 e. The third-order valence-corrected chi connectivity index (χ3v) is 2.67. The molecule has 0 saturated heterocycles. The van der Waals surface area contributed by atoms with E-state index in [9.17, 15) is 9.90 Å². The van der Waals surface area contributed by atoms with E-state index in [-0.39, 0.29) is 12.0 Å². The van der Waals surface area contributed by atoms with Crippen molar-refractivity contribution in [1.82, 2.24) is 0 Å². The van der Waals surface area contributed by atoms with Gasteiger partial charge in [0.1, 0.15) is 6.29 Å². The van der Waals surface area contributed by atoms with Crippen molar-refractivity contribution < 1.29 is 9.90 Å². The monoisotopic (exact) mass is 176 g/mol. The molecule has 1 N–H and O–H groups in total. The van der Waals surface area contributed by atoms with Crippen molar-refractivity contribution >= 4 is 6.29 Å². The lowest BCUT2D eigenvalue weighted by Gasteiger charge is -2.25. The van der Waals surface area contributed by atoms with E-state index in [4.69, 9.17) is 0 Å². The second-order valence-electron chi connectivity index (χ2n) is 3.46. The van der Waals surface area contributed by atoms with Crippen molar-refractivity contribution in [2.45, 2.75) is 24.9 Å². The predicted molar refractivity (Wildman–Crippen MR) is 49.4 cm³/mol. The number of hydrogen-bond donors (Lipinski definition) is 1. The molecule has 2 nitrogen and oxygen atoms in total. The van der Waals surface area contributed by atoms with Crippen LogP contribution in [0, 0.1) is 0 Å². The molecule has 0 bridgehead atoms. The zero-order valence-electron chi connectivity index (χ0n) is 7.31. The fraction of sp³-hybridized carbons (Fsp3) is 0.364. The first-order chi connectivity index (χ1) is 6.33. The Labute approximate surface area is 77.2 Å². The average molecular weight is 176 g/mol. The third-order valence-electron chi connectivity index (χ3n) is 2.67. The van der Waals surface area contributed by atoms with Crippen molar-refractivity contribution in [3.8, 4) is 0 Å². The van der Waals surface area contributed by atoms with E-state index in [1.54, 1.807) is 0 Å². The number of carbonyl (C=O) groups is 1. The second-order valence-corrected chi connectivity index (χ2v) is 3.46. The molecule has 0 spiro atoms. The Morgan fingerprint density at radius 2 is 1.92 bits per heavy atom. The fourth-order valence-corrected chi connectivity index (χ4v) is 1.94. The molecule has 13 heavy (non-hydrogen) atoms. The first-order valence-electron chi connectivity index (χ1n) is 4.55. The molecule has 68 valence electrons. The van der Waals surface area contributed by atoms with Crippen LogP contribution >= 0.6 is 0 Å². The summed E-state index contributed by atoms with van der Waals surface area (Å²) >= 11 is 0. The highest BCUT2D eigenvalue weighted by atomic mass is 16.3. The molecular formula is C11H12O2. The van der Waals surface area contributed by atoms with Gasteiger partial charge in [-0.1, -0.05) is 24.3 Å². The van der Waals surface area contributed by atoms with Gasteiger partial charge >= 0.3 is 0 Å². The highest BCUT2D eigenvalue weighted by Crippen LogP contribution is 2.35. The Hall–Kier alpha value is -1.15. The van der Waals surface area contributed by atoms with Gasteiger partial charge < -0.3 is 9.90 Å². The number of aliphatic hydroxyl groups is 1. The standard InChI is InChI=1S/C11H12O2/c12-7-8-5-6-11(13)10-4-2-1-3-9(8)10/h1-4,7-8,11,13H,5-6H2. The van der Waals surface area contributed by atoms with Crippen molar-refractivity contribution in [2.24, 2.45) is 0 Å². The Morgan fingerprint density at radius 1 is 1.23 bits per heavy atom. The molecule has 0 aliphatic heterocycles. The summed E-state index contributed by atoms with van der Waals surface area (Å²) in [6, 6.07) is 7.63. The van der Waals surface area contributed by atoms with Gasteiger partial charge in [0.15, 0.2) is 0 Å². The summed E-state index contributed by atoms with van der Waals surface area (Å²) in [5.74, 6) is -0.0143. The first-order valence-corrected chi connectivity index (χ1v) is 4.55. The molecule has 2 rings (SSSR count). The maximum absolute atomic E-state index is 10.7. The van der Waals surface area contributed by atoms with Crippen LogP contribution in [0.5, 0.6) is 0 Å². The number of fused-ring (bicyclic) bond motifs is 1. The van der Waals surface area contributed by atoms with Gasteiger partial charge in [0.2, 0.25) is 0 Å². The summed E-state index contributed by atoms with van der Waals surface area (Å²) in [4.78, 5) is 10.7. The lowest BCUT2D eigenvalue weighted by Crippen LogP contribution is -2.14.